The van der Waals surface area contributed by atoms with Crippen molar-refractivity contribution in [3.8, 4) is 0 Å². The van der Waals surface area contributed by atoms with Gasteiger partial charge >= 0.3 is 5.91 Å². The number of aromatic nitrogens is 1. The Balaban J connectivity index is 2.16. The van der Waals surface area contributed by atoms with Gasteiger partial charge in [-0.1, -0.05) is 19.8 Å². The Bertz CT molecular complexity index is 434. The van der Waals surface area contributed by atoms with E-state index in [2.05, 4.69) is 6.92 Å². The van der Waals surface area contributed by atoms with E-state index in [4.69, 9.17) is 0 Å². The molecule has 1 saturated carbocycles. The van der Waals surface area contributed by atoms with Gasteiger partial charge in [0.15, 0.2) is 6.20 Å². The average Bonchev–Trinajstić information content (AvgIpc) is 2.38. The molecule has 1 heterocycles. The van der Waals surface area contributed by atoms with Gasteiger partial charge in [-0.25, -0.2) is 0 Å². The van der Waals surface area contributed by atoms with Crippen LogP contribution in [0.3, 0.4) is 0 Å². The summed E-state index contributed by atoms with van der Waals surface area (Å²) in [4.78, 5) is 14.1. The Hall–Kier alpha value is -1.58. The molecule has 0 spiro atoms. The first kappa shape index (κ1) is 12.9. The highest BCUT2D eigenvalue weighted by Gasteiger charge is 2.31. The lowest BCUT2D eigenvalue weighted by atomic mass is 9.85. The third kappa shape index (κ3) is 2.47. The summed E-state index contributed by atoms with van der Waals surface area (Å²) in [5.74, 6) is 0.334. The first-order valence-corrected chi connectivity index (χ1v) is 6.56. The predicted octanol–water partition coefficient (Wildman–Crippen LogP) is 1.97. The smallest absolute Gasteiger partial charge is 0.319 e. The summed E-state index contributed by atoms with van der Waals surface area (Å²) in [7, 11) is 1.81. The van der Waals surface area contributed by atoms with Gasteiger partial charge in [0.25, 0.3) is 5.69 Å². The zero-order valence-electron chi connectivity index (χ0n) is 11.0. The number of nitrogens with zero attached hydrogens (tertiary/aromatic N) is 2. The van der Waals surface area contributed by atoms with E-state index in [-0.39, 0.29) is 17.6 Å². The van der Waals surface area contributed by atoms with Gasteiger partial charge in [0.05, 0.1) is 0 Å². The number of amides is 1. The van der Waals surface area contributed by atoms with Gasteiger partial charge in [-0.15, -0.1) is 0 Å². The standard InChI is InChI=1S/C14H20N2O2/c1-11-7-3-4-8-12(11)15(2)14(17)13-9-5-6-10-16(13)18/h5-6,9-12H,3-4,7-8H2,1-2H3/t11-,12+/m0/s1. The van der Waals surface area contributed by atoms with Gasteiger partial charge in [0, 0.05) is 25.2 Å². The topological polar surface area (TPSA) is 47.2 Å². The van der Waals surface area contributed by atoms with E-state index in [0.29, 0.717) is 10.6 Å². The van der Waals surface area contributed by atoms with Crippen LogP contribution in [0.25, 0.3) is 0 Å². The fourth-order valence-electron chi connectivity index (χ4n) is 2.80. The summed E-state index contributed by atoms with van der Waals surface area (Å²) in [5.41, 5.74) is 0.206. The zero-order chi connectivity index (χ0) is 13.1. The SMILES string of the molecule is C[C@H]1CCCC[C@H]1N(C)C(=O)c1cccc[n+]1[O-]. The van der Waals surface area contributed by atoms with Crippen LogP contribution in [0.15, 0.2) is 24.4 Å². The lowest BCUT2D eigenvalue weighted by Gasteiger charge is -2.35. The third-order valence-corrected chi connectivity index (χ3v) is 3.93. The molecule has 0 unspecified atom stereocenters. The van der Waals surface area contributed by atoms with Crippen molar-refractivity contribution in [2.75, 3.05) is 7.05 Å². The minimum absolute atomic E-state index is 0.177. The minimum Gasteiger partial charge on any atom is -0.618 e. The van der Waals surface area contributed by atoms with E-state index in [0.717, 1.165) is 12.8 Å². The zero-order valence-corrected chi connectivity index (χ0v) is 11.0. The van der Waals surface area contributed by atoms with Crippen LogP contribution in [0.4, 0.5) is 0 Å². The first-order valence-electron chi connectivity index (χ1n) is 6.56. The fourth-order valence-corrected chi connectivity index (χ4v) is 2.80. The molecule has 4 nitrogen and oxygen atoms in total. The molecule has 0 aromatic carbocycles. The van der Waals surface area contributed by atoms with Gasteiger partial charge < -0.3 is 10.1 Å². The highest BCUT2D eigenvalue weighted by molar-refractivity contribution is 5.91. The number of carbonyl (C=O) groups is 1. The molecule has 2 atom stereocenters. The van der Waals surface area contributed by atoms with Crippen LogP contribution in [-0.2, 0) is 0 Å². The molecule has 1 amide bonds. The summed E-state index contributed by atoms with van der Waals surface area (Å²) < 4.78 is 0.645. The Morgan fingerprint density at radius 2 is 2.11 bits per heavy atom. The van der Waals surface area contributed by atoms with Gasteiger partial charge in [-0.3, -0.25) is 4.79 Å². The molecule has 0 saturated heterocycles. The molecule has 1 aromatic rings. The van der Waals surface area contributed by atoms with Crippen LogP contribution in [0.1, 0.15) is 43.1 Å². The number of carbonyl (C=O) groups excluding carboxylic acids is 1. The number of hydrogen-bond donors (Lipinski definition) is 0. The van der Waals surface area contributed by atoms with Crippen molar-refractivity contribution in [2.45, 2.75) is 38.6 Å². The monoisotopic (exact) mass is 248 g/mol. The fraction of sp³-hybridized carbons (Fsp3) is 0.571. The van der Waals surface area contributed by atoms with Crippen molar-refractivity contribution >= 4 is 5.91 Å². The molecule has 2 rings (SSSR count). The van der Waals surface area contributed by atoms with E-state index < -0.39 is 0 Å². The molecule has 0 bridgehead atoms. The Morgan fingerprint density at radius 3 is 2.78 bits per heavy atom. The molecule has 1 aromatic heterocycles. The lowest BCUT2D eigenvalue weighted by molar-refractivity contribution is -0.608. The Labute approximate surface area is 108 Å². The largest absolute Gasteiger partial charge is 0.618 e. The lowest BCUT2D eigenvalue weighted by Crippen LogP contribution is -2.47. The van der Waals surface area contributed by atoms with Crippen LogP contribution in [-0.4, -0.2) is 23.9 Å². The predicted molar refractivity (Wildman–Crippen MR) is 68.9 cm³/mol. The molecule has 1 aliphatic carbocycles. The molecule has 18 heavy (non-hydrogen) atoms. The molecule has 0 aliphatic heterocycles. The van der Waals surface area contributed by atoms with Gasteiger partial charge in [0.1, 0.15) is 0 Å². The van der Waals surface area contributed by atoms with Crippen molar-refractivity contribution in [3.63, 3.8) is 0 Å². The maximum atomic E-state index is 12.3. The molecular weight excluding hydrogens is 228 g/mol. The van der Waals surface area contributed by atoms with Crippen LogP contribution >= 0.6 is 0 Å². The van der Waals surface area contributed by atoms with E-state index >= 15 is 0 Å². The maximum Gasteiger partial charge on any atom is 0.319 e. The number of rotatable bonds is 2. The van der Waals surface area contributed by atoms with Crippen molar-refractivity contribution < 1.29 is 9.52 Å². The van der Waals surface area contributed by atoms with E-state index in [1.807, 2.05) is 7.05 Å². The van der Waals surface area contributed by atoms with Gasteiger partial charge in [-0.2, -0.15) is 4.73 Å². The molecule has 1 fully saturated rings. The first-order chi connectivity index (χ1) is 8.61. The molecule has 0 N–H and O–H groups in total. The summed E-state index contributed by atoms with van der Waals surface area (Å²) >= 11 is 0. The summed E-state index contributed by atoms with van der Waals surface area (Å²) in [6.45, 7) is 2.18. The van der Waals surface area contributed by atoms with Crippen molar-refractivity contribution in [1.29, 1.82) is 0 Å². The van der Waals surface area contributed by atoms with Crippen LogP contribution in [0, 0.1) is 11.1 Å². The normalized spacial score (nSPS) is 23.7. The van der Waals surface area contributed by atoms with Crippen molar-refractivity contribution in [1.82, 2.24) is 4.90 Å². The number of pyridine rings is 1. The molecule has 4 heteroatoms. The van der Waals surface area contributed by atoms with Gasteiger partial charge in [0.2, 0.25) is 0 Å². The minimum atomic E-state index is -0.177. The van der Waals surface area contributed by atoms with Crippen LogP contribution < -0.4 is 4.73 Å². The highest BCUT2D eigenvalue weighted by Crippen LogP contribution is 2.27. The van der Waals surface area contributed by atoms with E-state index in [1.165, 1.54) is 19.0 Å². The molecule has 1 aliphatic rings. The summed E-state index contributed by atoms with van der Waals surface area (Å²) in [6, 6.07) is 5.19. The van der Waals surface area contributed by atoms with Crippen molar-refractivity contribution in [3.05, 3.63) is 35.3 Å². The molecule has 0 radical (unpaired) electrons. The van der Waals surface area contributed by atoms with E-state index in [1.54, 1.807) is 23.1 Å². The Kier molecular flexibility index (Phi) is 3.84. The van der Waals surface area contributed by atoms with Crippen LogP contribution in [0.2, 0.25) is 0 Å². The second-order valence-corrected chi connectivity index (χ2v) is 5.16. The second-order valence-electron chi connectivity index (χ2n) is 5.16. The van der Waals surface area contributed by atoms with Crippen LogP contribution in [0.5, 0.6) is 0 Å². The Morgan fingerprint density at radius 1 is 1.39 bits per heavy atom. The number of hydrogen-bond acceptors (Lipinski definition) is 2. The quantitative estimate of drug-likeness (QED) is 0.593. The second kappa shape index (κ2) is 5.38. The van der Waals surface area contributed by atoms with Crippen molar-refractivity contribution in [2.24, 2.45) is 5.92 Å². The summed E-state index contributed by atoms with van der Waals surface area (Å²) in [6.07, 6.45) is 5.97. The van der Waals surface area contributed by atoms with Gasteiger partial charge in [-0.05, 0) is 24.8 Å². The highest BCUT2D eigenvalue weighted by atomic mass is 16.5. The third-order valence-electron chi connectivity index (χ3n) is 3.93. The molecule has 98 valence electrons. The summed E-state index contributed by atoms with van der Waals surface area (Å²) in [5, 5.41) is 11.6. The average molecular weight is 248 g/mol. The van der Waals surface area contributed by atoms with E-state index in [9.17, 15) is 10.0 Å². The molecular formula is C14H20N2O2. The maximum absolute atomic E-state index is 12.3.